The van der Waals surface area contributed by atoms with Gasteiger partial charge in [-0.25, -0.2) is 4.79 Å². The Morgan fingerprint density at radius 1 is 0.824 bits per heavy atom. The number of methoxy groups -OCH3 is 3. The number of carbonyl (C=O) groups excluding carboxylic acids is 3. The average Bonchev–Trinajstić information content (AvgIpc) is 3.28. The summed E-state index contributed by atoms with van der Waals surface area (Å²) in [7, 11) is 7.77. The molecule has 394 valence electrons. The molecule has 4 fully saturated rings. The van der Waals surface area contributed by atoms with E-state index >= 15 is 0 Å². The molecule has 4 aliphatic rings. The van der Waals surface area contributed by atoms with Crippen LogP contribution in [-0.4, -0.2) is 194 Å². The molecule has 4 rings (SSSR count). The molecule has 0 aromatic carbocycles. The molecule has 0 saturated carbocycles. The fourth-order valence-electron chi connectivity index (χ4n) is 10.4. The van der Waals surface area contributed by atoms with Gasteiger partial charge >= 0.3 is 11.9 Å². The Labute approximate surface area is 403 Å². The molecule has 5 N–H and O–H groups in total. The van der Waals surface area contributed by atoms with Crippen LogP contribution >= 0.6 is 0 Å². The highest BCUT2D eigenvalue weighted by Gasteiger charge is 2.52. The molecule has 19 nitrogen and oxygen atoms in total. The van der Waals surface area contributed by atoms with Crippen LogP contribution in [0, 0.1) is 29.6 Å². The second-order valence-electron chi connectivity index (χ2n) is 20.3. The summed E-state index contributed by atoms with van der Waals surface area (Å²) in [6, 6.07) is -0.745. The molecule has 68 heavy (non-hydrogen) atoms. The van der Waals surface area contributed by atoms with Gasteiger partial charge in [0.2, 0.25) is 0 Å². The Kier molecular flexibility index (Phi) is 22.7. The molecule has 0 aromatic rings. The maximum absolute atomic E-state index is 14.1. The Hall–Kier alpha value is -2.21. The number of nitrogens with zero attached hydrogens (tertiary/aromatic N) is 1. The van der Waals surface area contributed by atoms with Crippen LogP contribution in [0.5, 0.6) is 0 Å². The molecule has 0 radical (unpaired) electrons. The van der Waals surface area contributed by atoms with Gasteiger partial charge in [0.05, 0.1) is 62.3 Å². The third-order valence-corrected chi connectivity index (χ3v) is 14.6. The average molecular weight is 976 g/mol. The van der Waals surface area contributed by atoms with E-state index in [-0.39, 0.29) is 49.9 Å². The van der Waals surface area contributed by atoms with Gasteiger partial charge in [-0.1, -0.05) is 33.8 Å². The first kappa shape index (κ1) is 58.4. The molecule has 1 unspecified atom stereocenters. The van der Waals surface area contributed by atoms with Crippen molar-refractivity contribution in [2.75, 3.05) is 42.0 Å². The largest absolute Gasteiger partial charge is 0.466 e. The van der Waals surface area contributed by atoms with Gasteiger partial charge in [-0.05, 0) is 85.7 Å². The number of esters is 2. The van der Waals surface area contributed by atoms with E-state index in [1.54, 1.807) is 52.8 Å². The number of Topliss-reactive ketones (excluding diaryl/α,β-unsaturated/α-hetero) is 1. The van der Waals surface area contributed by atoms with Gasteiger partial charge in [-0.2, -0.15) is 0 Å². The smallest absolute Gasteiger partial charge is 0.330 e. The highest BCUT2D eigenvalue weighted by Crippen LogP contribution is 2.38. The zero-order valence-electron chi connectivity index (χ0n) is 42.6. The molecular weight excluding hydrogens is 891 g/mol. The molecule has 0 aromatic heterocycles. The highest BCUT2D eigenvalue weighted by molar-refractivity contribution is 5.81. The second kappa shape index (κ2) is 26.5. The Balaban J connectivity index is 1.65. The number of ether oxygens (including phenoxy) is 10. The van der Waals surface area contributed by atoms with Crippen molar-refractivity contribution in [3.8, 4) is 0 Å². The first-order chi connectivity index (χ1) is 32.0. The van der Waals surface area contributed by atoms with E-state index in [9.17, 15) is 39.9 Å². The SMILES string of the molecule is CC[C@H]1OC(=O)C[C@H](O)[C@H](C)[C@@H](O[C@H]2O[C@@H](C)[C@@H](O[C@@H]3C[C@@](C)(O)[C@@H](O)[C@H](C)O3)[C@@H](N(C)C)[C@@H]2O)[C@@H](C/C=C/C(=O)OC)C[C@H](C)C(=O)CCC(C)C[C@@H]1CO[C@@H]1O[C@H](C)[C@@H](O)[C@@H](OC)[C@H]1OC. The summed E-state index contributed by atoms with van der Waals surface area (Å²) < 4.78 is 60.2. The lowest BCUT2D eigenvalue weighted by molar-refractivity contribution is -0.342. The number of aliphatic hydroxyl groups excluding tert-OH is 4. The molecular formula is C49H85NO18. The third kappa shape index (κ3) is 15.2. The summed E-state index contributed by atoms with van der Waals surface area (Å²) in [6.07, 6.45) is -9.15. The highest BCUT2D eigenvalue weighted by atomic mass is 16.7. The minimum Gasteiger partial charge on any atom is -0.466 e. The van der Waals surface area contributed by atoms with Gasteiger partial charge in [-0.15, -0.1) is 0 Å². The third-order valence-electron chi connectivity index (χ3n) is 14.6. The summed E-state index contributed by atoms with van der Waals surface area (Å²) >= 11 is 0. The van der Waals surface area contributed by atoms with Gasteiger partial charge in [0.25, 0.3) is 0 Å². The molecule has 0 bridgehead atoms. The monoisotopic (exact) mass is 976 g/mol. The summed E-state index contributed by atoms with van der Waals surface area (Å²) in [6.45, 7) is 14.2. The van der Waals surface area contributed by atoms with Crippen LogP contribution in [0.2, 0.25) is 0 Å². The van der Waals surface area contributed by atoms with Crippen LogP contribution in [0.25, 0.3) is 0 Å². The number of rotatable bonds is 14. The summed E-state index contributed by atoms with van der Waals surface area (Å²) in [4.78, 5) is 42.1. The van der Waals surface area contributed by atoms with E-state index in [0.717, 1.165) is 0 Å². The predicted octanol–water partition coefficient (Wildman–Crippen LogP) is 2.67. The molecule has 22 atom stereocenters. The molecule has 4 heterocycles. The number of allylic oxidation sites excluding steroid dienone is 1. The normalized spacial score (nSPS) is 44.2. The van der Waals surface area contributed by atoms with Crippen molar-refractivity contribution in [1.29, 1.82) is 0 Å². The zero-order valence-corrected chi connectivity index (χ0v) is 42.6. The fourth-order valence-corrected chi connectivity index (χ4v) is 10.4. The van der Waals surface area contributed by atoms with Crippen LogP contribution in [0.3, 0.4) is 0 Å². The lowest BCUT2D eigenvalue weighted by Crippen LogP contribution is -2.65. The maximum atomic E-state index is 14.1. The van der Waals surface area contributed by atoms with Gasteiger partial charge in [0.15, 0.2) is 18.9 Å². The number of carbonyl (C=O) groups is 3. The minimum absolute atomic E-state index is 0.00365. The predicted molar refractivity (Wildman–Crippen MR) is 246 cm³/mol. The van der Waals surface area contributed by atoms with Crippen LogP contribution in [-0.2, 0) is 61.8 Å². The standard InChI is InChI=1S/C49H85NO18/c1-14-35-32(24-62-48-45(61-13)44(60-12)40(55)28(5)64-48)20-25(2)18-19-33(51)26(3)21-31(16-15-17-36(53)59-11)42(27(4)34(52)22-37(54)66-35)68-47-41(56)39(50(9)10)43(29(6)65-47)67-38-23-49(8,58)46(57)30(7)63-38/h15,17,25-32,34-35,38-48,52,55-58H,14,16,18-24H2,1-13H3/b17-15+/t25?,26-,27-,28+,29-,30-,31-,32+,34-,35+,38+,39-,40+,41-,42+,43+,44+,45+,46-,47+,48+,49+/m0/s1. The van der Waals surface area contributed by atoms with Crippen molar-refractivity contribution in [1.82, 2.24) is 4.90 Å². The van der Waals surface area contributed by atoms with Crippen LogP contribution in [0.1, 0.15) is 107 Å². The molecule has 0 aliphatic carbocycles. The van der Waals surface area contributed by atoms with Crippen molar-refractivity contribution in [2.24, 2.45) is 29.6 Å². The number of hydrogen-bond acceptors (Lipinski definition) is 19. The van der Waals surface area contributed by atoms with Crippen molar-refractivity contribution in [3.05, 3.63) is 12.2 Å². The molecule has 4 saturated heterocycles. The Bertz CT molecular complexity index is 1600. The topological polar surface area (TPSA) is 248 Å². The first-order valence-electron chi connectivity index (χ1n) is 24.5. The lowest BCUT2D eigenvalue weighted by atomic mass is 9.78. The number of likely N-dealkylation sites (N-methyl/N-ethyl adjacent to an activating group) is 1. The summed E-state index contributed by atoms with van der Waals surface area (Å²) in [5.41, 5.74) is -1.49. The molecule has 0 spiro atoms. The first-order valence-corrected chi connectivity index (χ1v) is 24.5. The van der Waals surface area contributed by atoms with E-state index in [1.165, 1.54) is 34.3 Å². The number of cyclic esters (lactones) is 1. The molecule has 19 heteroatoms. The summed E-state index contributed by atoms with van der Waals surface area (Å²) in [5.74, 6) is -3.43. The number of ketones is 1. The quantitative estimate of drug-likeness (QED) is 0.124. The van der Waals surface area contributed by atoms with E-state index in [2.05, 4.69) is 0 Å². The maximum Gasteiger partial charge on any atom is 0.330 e. The van der Waals surface area contributed by atoms with E-state index < -0.39 is 140 Å². The number of aliphatic hydroxyl groups is 5. The van der Waals surface area contributed by atoms with Gasteiger partial charge in [0.1, 0.15) is 48.5 Å². The van der Waals surface area contributed by atoms with Gasteiger partial charge in [0, 0.05) is 50.9 Å². The van der Waals surface area contributed by atoms with Crippen molar-refractivity contribution >= 4 is 17.7 Å². The minimum atomic E-state index is -1.49. The summed E-state index contributed by atoms with van der Waals surface area (Å²) in [5, 5.41) is 56.3. The Morgan fingerprint density at radius 2 is 1.49 bits per heavy atom. The second-order valence-corrected chi connectivity index (χ2v) is 20.3. The van der Waals surface area contributed by atoms with Crippen molar-refractivity contribution in [3.63, 3.8) is 0 Å². The van der Waals surface area contributed by atoms with E-state index in [1.807, 2.05) is 20.8 Å². The fraction of sp³-hybridized carbons (Fsp3) is 0.898. The van der Waals surface area contributed by atoms with Crippen LogP contribution < -0.4 is 0 Å². The Morgan fingerprint density at radius 3 is 2.09 bits per heavy atom. The van der Waals surface area contributed by atoms with Crippen LogP contribution in [0.15, 0.2) is 12.2 Å². The van der Waals surface area contributed by atoms with Gasteiger partial charge in [-0.3, -0.25) is 9.59 Å². The number of hydrogen-bond donors (Lipinski definition) is 5. The van der Waals surface area contributed by atoms with Crippen LogP contribution in [0.4, 0.5) is 0 Å². The molecule has 0 amide bonds. The van der Waals surface area contributed by atoms with Gasteiger partial charge < -0.3 is 77.8 Å². The van der Waals surface area contributed by atoms with Crippen molar-refractivity contribution < 1.29 is 87.3 Å². The van der Waals surface area contributed by atoms with E-state index in [0.29, 0.717) is 19.3 Å². The molecule has 4 aliphatic heterocycles. The van der Waals surface area contributed by atoms with Crippen molar-refractivity contribution in [2.45, 2.75) is 211 Å². The van der Waals surface area contributed by atoms with E-state index in [4.69, 9.17) is 47.4 Å². The zero-order chi connectivity index (χ0) is 50.8. The lowest BCUT2D eigenvalue weighted by Gasteiger charge is -2.50.